The molecule has 0 saturated heterocycles. The van der Waals surface area contributed by atoms with E-state index in [1.165, 1.54) is 23.3 Å². The van der Waals surface area contributed by atoms with Gasteiger partial charge in [-0.15, -0.1) is 11.8 Å². The van der Waals surface area contributed by atoms with Gasteiger partial charge in [0.05, 0.1) is 0 Å². The Balaban J connectivity index is 1.65. The molecule has 1 aromatic rings. The van der Waals surface area contributed by atoms with Gasteiger partial charge < -0.3 is 10.6 Å². The van der Waals surface area contributed by atoms with Crippen molar-refractivity contribution in [1.82, 2.24) is 10.6 Å². The van der Waals surface area contributed by atoms with E-state index in [9.17, 15) is 4.79 Å². The van der Waals surface area contributed by atoms with Gasteiger partial charge in [0.2, 0.25) is 0 Å². The Morgan fingerprint density at radius 2 is 1.95 bits per heavy atom. The van der Waals surface area contributed by atoms with Crippen molar-refractivity contribution in [2.75, 3.05) is 12.3 Å². The van der Waals surface area contributed by atoms with E-state index in [0.29, 0.717) is 12.6 Å². The quantitative estimate of drug-likeness (QED) is 0.787. The number of amides is 2. The molecule has 2 rings (SSSR count). The van der Waals surface area contributed by atoms with Gasteiger partial charge in [0, 0.05) is 17.5 Å². The Morgan fingerprint density at radius 1 is 1.25 bits per heavy atom. The molecule has 0 atom stereocenters. The highest BCUT2D eigenvalue weighted by atomic mass is 32.2. The van der Waals surface area contributed by atoms with Crippen LogP contribution in [0.3, 0.4) is 0 Å². The van der Waals surface area contributed by atoms with Crippen molar-refractivity contribution in [1.29, 1.82) is 0 Å². The normalized spacial score (nSPS) is 15.2. The van der Waals surface area contributed by atoms with Gasteiger partial charge in [-0.2, -0.15) is 0 Å². The molecule has 1 aliphatic carbocycles. The lowest BCUT2D eigenvalue weighted by atomic mass is 10.1. The van der Waals surface area contributed by atoms with Crippen molar-refractivity contribution in [2.45, 2.75) is 50.0 Å². The number of hydrogen-bond acceptors (Lipinski definition) is 2. The zero-order valence-electron chi connectivity index (χ0n) is 12.2. The molecule has 0 aliphatic heterocycles. The maximum absolute atomic E-state index is 11.7. The summed E-state index contributed by atoms with van der Waals surface area (Å²) in [6, 6.07) is 8.98. The summed E-state index contributed by atoms with van der Waals surface area (Å²) >= 11 is 1.85. The van der Waals surface area contributed by atoms with Gasteiger partial charge in [0.1, 0.15) is 0 Å². The molecule has 0 heterocycles. The topological polar surface area (TPSA) is 41.1 Å². The van der Waals surface area contributed by atoms with Crippen molar-refractivity contribution in [2.24, 2.45) is 0 Å². The smallest absolute Gasteiger partial charge is 0.315 e. The first-order valence-corrected chi connectivity index (χ1v) is 8.52. The van der Waals surface area contributed by atoms with E-state index in [4.69, 9.17) is 0 Å². The van der Waals surface area contributed by atoms with E-state index in [-0.39, 0.29) is 6.03 Å². The largest absolute Gasteiger partial charge is 0.338 e. The SMILES string of the molecule is CCSc1ccc(CCNC(=O)NC2CCCC2)cc1. The van der Waals surface area contributed by atoms with Crippen LogP contribution in [0.5, 0.6) is 0 Å². The first-order valence-electron chi connectivity index (χ1n) is 7.54. The molecule has 1 saturated carbocycles. The molecule has 0 bridgehead atoms. The first kappa shape index (κ1) is 15.2. The maximum Gasteiger partial charge on any atom is 0.315 e. The summed E-state index contributed by atoms with van der Waals surface area (Å²) in [6.45, 7) is 2.85. The van der Waals surface area contributed by atoms with E-state index in [0.717, 1.165) is 25.0 Å². The molecule has 0 spiro atoms. The Hall–Kier alpha value is -1.16. The Kier molecular flexibility index (Phi) is 6.25. The lowest BCUT2D eigenvalue weighted by Gasteiger charge is -2.13. The van der Waals surface area contributed by atoms with Crippen LogP contribution in [0.15, 0.2) is 29.2 Å². The van der Waals surface area contributed by atoms with Crippen LogP contribution in [0, 0.1) is 0 Å². The number of nitrogens with one attached hydrogen (secondary N) is 2. The highest BCUT2D eigenvalue weighted by molar-refractivity contribution is 7.99. The molecule has 1 aliphatic rings. The molecule has 0 aromatic heterocycles. The molecule has 20 heavy (non-hydrogen) atoms. The van der Waals surface area contributed by atoms with E-state index in [1.54, 1.807) is 0 Å². The minimum Gasteiger partial charge on any atom is -0.338 e. The average Bonchev–Trinajstić information content (AvgIpc) is 2.94. The van der Waals surface area contributed by atoms with Crippen molar-refractivity contribution < 1.29 is 4.79 Å². The van der Waals surface area contributed by atoms with E-state index in [2.05, 4.69) is 41.8 Å². The fourth-order valence-electron chi connectivity index (χ4n) is 2.55. The number of carbonyl (C=O) groups excluding carboxylic acids is 1. The number of thioether (sulfide) groups is 1. The van der Waals surface area contributed by atoms with Crippen LogP contribution in [-0.4, -0.2) is 24.4 Å². The lowest BCUT2D eigenvalue weighted by Crippen LogP contribution is -2.41. The number of hydrogen-bond donors (Lipinski definition) is 2. The van der Waals surface area contributed by atoms with Crippen molar-refractivity contribution in [3.63, 3.8) is 0 Å². The summed E-state index contributed by atoms with van der Waals surface area (Å²) in [5.41, 5.74) is 1.27. The van der Waals surface area contributed by atoms with Crippen molar-refractivity contribution >= 4 is 17.8 Å². The molecule has 1 aromatic carbocycles. The molecule has 1 fully saturated rings. The van der Waals surface area contributed by atoms with Crippen LogP contribution in [0.4, 0.5) is 4.79 Å². The summed E-state index contributed by atoms with van der Waals surface area (Å²) in [5.74, 6) is 1.10. The van der Waals surface area contributed by atoms with Crippen LogP contribution in [0.2, 0.25) is 0 Å². The molecule has 4 heteroatoms. The van der Waals surface area contributed by atoms with Gasteiger partial charge in [-0.25, -0.2) is 4.79 Å². The van der Waals surface area contributed by atoms with Crippen LogP contribution in [0.1, 0.15) is 38.2 Å². The zero-order chi connectivity index (χ0) is 14.2. The van der Waals surface area contributed by atoms with Gasteiger partial charge in [0.15, 0.2) is 0 Å². The summed E-state index contributed by atoms with van der Waals surface area (Å²) in [5, 5.41) is 5.98. The van der Waals surface area contributed by atoms with E-state index in [1.807, 2.05) is 11.8 Å². The fourth-order valence-corrected chi connectivity index (χ4v) is 3.21. The summed E-state index contributed by atoms with van der Waals surface area (Å²) in [6.07, 6.45) is 5.63. The van der Waals surface area contributed by atoms with E-state index < -0.39 is 0 Å². The minimum absolute atomic E-state index is 0.0185. The first-order chi connectivity index (χ1) is 9.78. The standard InChI is InChI=1S/C16H24N2OS/c1-2-20-15-9-7-13(8-10-15)11-12-17-16(19)18-14-5-3-4-6-14/h7-10,14H,2-6,11-12H2,1H3,(H2,17,18,19). The van der Waals surface area contributed by atoms with E-state index >= 15 is 0 Å². The van der Waals surface area contributed by atoms with Gasteiger partial charge in [-0.05, 0) is 42.7 Å². The zero-order valence-corrected chi connectivity index (χ0v) is 13.0. The number of urea groups is 1. The third-order valence-corrected chi connectivity index (χ3v) is 4.52. The average molecular weight is 292 g/mol. The van der Waals surface area contributed by atoms with Crippen LogP contribution >= 0.6 is 11.8 Å². The van der Waals surface area contributed by atoms with Gasteiger partial charge in [-0.3, -0.25) is 0 Å². The molecule has 2 amide bonds. The summed E-state index contributed by atoms with van der Waals surface area (Å²) in [4.78, 5) is 13.0. The highest BCUT2D eigenvalue weighted by Gasteiger charge is 2.16. The van der Waals surface area contributed by atoms with Gasteiger partial charge in [0.25, 0.3) is 0 Å². The molecular weight excluding hydrogens is 268 g/mol. The van der Waals surface area contributed by atoms with Gasteiger partial charge in [-0.1, -0.05) is 31.9 Å². The Bertz CT molecular complexity index is 413. The second kappa shape index (κ2) is 8.20. The second-order valence-electron chi connectivity index (χ2n) is 5.21. The molecule has 0 radical (unpaired) electrons. The van der Waals surface area contributed by atoms with Gasteiger partial charge >= 0.3 is 6.03 Å². The third-order valence-electron chi connectivity index (χ3n) is 3.62. The lowest BCUT2D eigenvalue weighted by molar-refractivity contribution is 0.237. The molecule has 3 nitrogen and oxygen atoms in total. The van der Waals surface area contributed by atoms with Crippen molar-refractivity contribution in [3.05, 3.63) is 29.8 Å². The molecule has 2 N–H and O–H groups in total. The van der Waals surface area contributed by atoms with Crippen LogP contribution < -0.4 is 10.6 Å². The maximum atomic E-state index is 11.7. The Labute approximate surface area is 125 Å². The summed E-state index contributed by atoms with van der Waals surface area (Å²) in [7, 11) is 0. The van der Waals surface area contributed by atoms with Crippen LogP contribution in [-0.2, 0) is 6.42 Å². The minimum atomic E-state index is -0.0185. The predicted octanol–water partition coefficient (Wildman–Crippen LogP) is 3.58. The number of rotatable bonds is 6. The third kappa shape index (κ3) is 5.08. The number of benzene rings is 1. The second-order valence-corrected chi connectivity index (χ2v) is 6.55. The Morgan fingerprint density at radius 3 is 2.60 bits per heavy atom. The van der Waals surface area contributed by atoms with Crippen LogP contribution in [0.25, 0.3) is 0 Å². The predicted molar refractivity (Wildman–Crippen MR) is 85.3 cm³/mol. The molecule has 110 valence electrons. The fraction of sp³-hybridized carbons (Fsp3) is 0.562. The molecule has 0 unspecified atom stereocenters. The monoisotopic (exact) mass is 292 g/mol. The highest BCUT2D eigenvalue weighted by Crippen LogP contribution is 2.18. The van der Waals surface area contributed by atoms with Crippen molar-refractivity contribution in [3.8, 4) is 0 Å². The number of carbonyl (C=O) groups is 1. The molecular formula is C16H24N2OS. The summed E-state index contributed by atoms with van der Waals surface area (Å²) < 4.78 is 0.